The lowest BCUT2D eigenvalue weighted by Gasteiger charge is -2.25. The molecule has 0 aliphatic heterocycles. The molecule has 20 heavy (non-hydrogen) atoms. The van der Waals surface area contributed by atoms with Gasteiger partial charge >= 0.3 is 12.2 Å². The molecule has 2 amide bonds. The lowest BCUT2D eigenvalue weighted by atomic mass is 9.85. The van der Waals surface area contributed by atoms with E-state index in [9.17, 15) is 14.4 Å². The summed E-state index contributed by atoms with van der Waals surface area (Å²) >= 11 is 0. The van der Waals surface area contributed by atoms with Gasteiger partial charge in [-0.05, 0) is 12.0 Å². The number of fused-ring (bicyclic) bond motifs is 1. The van der Waals surface area contributed by atoms with Gasteiger partial charge in [0.1, 0.15) is 18.6 Å². The molecule has 1 aliphatic rings. The van der Waals surface area contributed by atoms with Crippen LogP contribution in [0.15, 0.2) is 24.3 Å². The van der Waals surface area contributed by atoms with Gasteiger partial charge in [0.25, 0.3) is 0 Å². The fourth-order valence-corrected chi connectivity index (χ4v) is 2.32. The molecule has 0 bridgehead atoms. The zero-order valence-corrected chi connectivity index (χ0v) is 10.6. The van der Waals surface area contributed by atoms with Crippen LogP contribution in [0.3, 0.4) is 0 Å². The molecule has 0 unspecified atom stereocenters. The van der Waals surface area contributed by atoms with Crippen LogP contribution < -0.4 is 11.5 Å². The smallest absolute Gasteiger partial charge is 0.404 e. The van der Waals surface area contributed by atoms with Gasteiger partial charge in [0.05, 0.1) is 0 Å². The molecule has 106 valence electrons. The topological polar surface area (TPSA) is 122 Å². The Morgan fingerprint density at radius 3 is 2.15 bits per heavy atom. The Morgan fingerprint density at radius 1 is 1.10 bits per heavy atom. The molecule has 1 aromatic rings. The number of Topliss-reactive ketones (excluding diaryl/α,β-unsaturated/α-hetero) is 1. The molecular weight excluding hydrogens is 264 g/mol. The van der Waals surface area contributed by atoms with Gasteiger partial charge in [-0.15, -0.1) is 0 Å². The van der Waals surface area contributed by atoms with Crippen molar-refractivity contribution in [1.29, 1.82) is 0 Å². The first-order valence-corrected chi connectivity index (χ1v) is 5.92. The molecule has 1 aliphatic carbocycles. The molecule has 0 saturated carbocycles. The number of amides is 2. The molecular formula is C13H14N2O5. The zero-order chi connectivity index (χ0) is 14.8. The van der Waals surface area contributed by atoms with E-state index in [-0.39, 0.29) is 19.0 Å². The second-order valence-electron chi connectivity index (χ2n) is 4.66. The molecule has 0 aromatic heterocycles. The zero-order valence-electron chi connectivity index (χ0n) is 10.6. The first-order valence-electron chi connectivity index (χ1n) is 5.92. The van der Waals surface area contributed by atoms with Gasteiger partial charge in [0.2, 0.25) is 0 Å². The minimum Gasteiger partial charge on any atom is -0.448 e. The second-order valence-corrected chi connectivity index (χ2v) is 4.66. The number of ketones is 1. The summed E-state index contributed by atoms with van der Waals surface area (Å²) in [6.07, 6.45) is -1.69. The van der Waals surface area contributed by atoms with E-state index in [1.807, 2.05) is 0 Å². The van der Waals surface area contributed by atoms with Crippen LogP contribution in [-0.2, 0) is 15.9 Å². The number of carbonyl (C=O) groups is 3. The van der Waals surface area contributed by atoms with E-state index >= 15 is 0 Å². The van der Waals surface area contributed by atoms with Gasteiger partial charge in [-0.25, -0.2) is 9.59 Å². The van der Waals surface area contributed by atoms with Crippen LogP contribution in [0.4, 0.5) is 9.59 Å². The van der Waals surface area contributed by atoms with Crippen molar-refractivity contribution in [3.05, 3.63) is 35.4 Å². The molecule has 0 spiro atoms. The third-order valence-electron chi connectivity index (χ3n) is 3.25. The summed E-state index contributed by atoms with van der Waals surface area (Å²) in [4.78, 5) is 34.0. The van der Waals surface area contributed by atoms with E-state index in [1.165, 1.54) is 0 Å². The molecule has 2 rings (SSSR count). The summed E-state index contributed by atoms with van der Waals surface area (Å²) in [6, 6.07) is 7.00. The Morgan fingerprint density at radius 2 is 1.65 bits per heavy atom. The van der Waals surface area contributed by atoms with E-state index in [0.717, 1.165) is 5.56 Å². The monoisotopic (exact) mass is 278 g/mol. The Balaban J connectivity index is 2.27. The highest BCUT2D eigenvalue weighted by atomic mass is 16.6. The average Bonchev–Trinajstić information content (AvgIpc) is 2.68. The van der Waals surface area contributed by atoms with Crippen LogP contribution >= 0.6 is 0 Å². The third-order valence-corrected chi connectivity index (χ3v) is 3.25. The van der Waals surface area contributed by atoms with Crippen molar-refractivity contribution >= 4 is 18.0 Å². The van der Waals surface area contributed by atoms with Crippen molar-refractivity contribution in [2.75, 3.05) is 13.2 Å². The maximum atomic E-state index is 12.5. The molecule has 0 fully saturated rings. The highest BCUT2D eigenvalue weighted by Gasteiger charge is 2.47. The van der Waals surface area contributed by atoms with Crippen molar-refractivity contribution < 1.29 is 23.9 Å². The lowest BCUT2D eigenvalue weighted by molar-refractivity contribution is 0.0333. The number of hydrogen-bond donors (Lipinski definition) is 2. The molecule has 7 nitrogen and oxygen atoms in total. The average molecular weight is 278 g/mol. The van der Waals surface area contributed by atoms with Crippen LogP contribution in [0.2, 0.25) is 0 Å². The predicted octanol–water partition coefficient (Wildman–Crippen LogP) is 0.602. The molecule has 4 N–H and O–H groups in total. The number of primary amides is 2. The van der Waals surface area contributed by atoms with Crippen molar-refractivity contribution in [1.82, 2.24) is 0 Å². The highest BCUT2D eigenvalue weighted by Crippen LogP contribution is 2.37. The number of ether oxygens (including phenoxy) is 2. The minimum atomic E-state index is -1.16. The highest BCUT2D eigenvalue weighted by molar-refractivity contribution is 6.05. The largest absolute Gasteiger partial charge is 0.448 e. The number of carbonyl (C=O) groups excluding carboxylic acids is 3. The first-order chi connectivity index (χ1) is 9.44. The number of benzene rings is 1. The van der Waals surface area contributed by atoms with E-state index in [1.54, 1.807) is 24.3 Å². The van der Waals surface area contributed by atoms with Crippen LogP contribution in [0.5, 0.6) is 0 Å². The molecule has 0 saturated heterocycles. The van der Waals surface area contributed by atoms with Crippen LogP contribution in [0.25, 0.3) is 0 Å². The fourth-order valence-electron chi connectivity index (χ4n) is 2.32. The van der Waals surface area contributed by atoms with Crippen LogP contribution in [0.1, 0.15) is 15.9 Å². The predicted molar refractivity (Wildman–Crippen MR) is 68.0 cm³/mol. The Hall–Kier alpha value is -2.57. The van der Waals surface area contributed by atoms with Gasteiger partial charge in [-0.2, -0.15) is 0 Å². The maximum absolute atomic E-state index is 12.5. The van der Waals surface area contributed by atoms with Gasteiger partial charge < -0.3 is 20.9 Å². The number of nitrogens with two attached hydrogens (primary N) is 2. The van der Waals surface area contributed by atoms with E-state index in [4.69, 9.17) is 20.9 Å². The molecule has 0 heterocycles. The van der Waals surface area contributed by atoms with E-state index < -0.39 is 17.6 Å². The minimum absolute atomic E-state index is 0.254. The summed E-state index contributed by atoms with van der Waals surface area (Å²) in [5.41, 5.74) is 10.0. The van der Waals surface area contributed by atoms with Gasteiger partial charge in [0, 0.05) is 5.56 Å². The fraction of sp³-hybridized carbons (Fsp3) is 0.308. The Kier molecular flexibility index (Phi) is 3.60. The molecule has 0 atom stereocenters. The van der Waals surface area contributed by atoms with Crippen molar-refractivity contribution in [2.24, 2.45) is 16.9 Å². The Bertz CT molecular complexity index is 552. The third kappa shape index (κ3) is 2.56. The molecule has 1 aromatic carbocycles. The van der Waals surface area contributed by atoms with E-state index in [2.05, 4.69) is 0 Å². The van der Waals surface area contributed by atoms with Gasteiger partial charge in [-0.1, -0.05) is 24.3 Å². The number of hydrogen-bond acceptors (Lipinski definition) is 5. The van der Waals surface area contributed by atoms with Crippen molar-refractivity contribution in [3.8, 4) is 0 Å². The summed E-state index contributed by atoms with van der Waals surface area (Å²) in [7, 11) is 0. The quantitative estimate of drug-likeness (QED) is 0.835. The van der Waals surface area contributed by atoms with Crippen molar-refractivity contribution in [2.45, 2.75) is 6.42 Å². The summed E-state index contributed by atoms with van der Waals surface area (Å²) < 4.78 is 9.50. The molecule has 0 radical (unpaired) electrons. The summed E-state index contributed by atoms with van der Waals surface area (Å²) in [5.74, 6) is -0.254. The second kappa shape index (κ2) is 5.20. The Labute approximate surface area is 114 Å². The standard InChI is InChI=1S/C13H14N2O5/c14-11(17)19-6-13(7-20-12(15)18)5-8-3-1-2-4-9(8)10(13)16/h1-4H,5-7H2,(H2,14,17)(H2,15,18). The van der Waals surface area contributed by atoms with Crippen LogP contribution in [0, 0.1) is 5.41 Å². The first kappa shape index (κ1) is 13.9. The van der Waals surface area contributed by atoms with Gasteiger partial charge in [-0.3, -0.25) is 4.79 Å². The lowest BCUT2D eigenvalue weighted by Crippen LogP contribution is -2.41. The van der Waals surface area contributed by atoms with Crippen molar-refractivity contribution in [3.63, 3.8) is 0 Å². The summed E-state index contributed by atoms with van der Waals surface area (Å²) in [6.45, 7) is -0.522. The van der Waals surface area contributed by atoms with Crippen LogP contribution in [-0.4, -0.2) is 31.2 Å². The number of rotatable bonds is 4. The molecule has 7 heteroatoms. The normalized spacial score (nSPS) is 15.5. The maximum Gasteiger partial charge on any atom is 0.404 e. The van der Waals surface area contributed by atoms with Gasteiger partial charge in [0.15, 0.2) is 5.78 Å². The summed E-state index contributed by atoms with van der Waals surface area (Å²) in [5, 5.41) is 0. The SMILES string of the molecule is NC(=O)OCC1(COC(N)=O)Cc2ccccc2C1=O. The van der Waals surface area contributed by atoms with E-state index in [0.29, 0.717) is 12.0 Å².